The van der Waals surface area contributed by atoms with Crippen LogP contribution in [0.4, 0.5) is 22.7 Å². The molecule has 24 heavy (non-hydrogen) atoms. The van der Waals surface area contributed by atoms with Gasteiger partial charge in [-0.15, -0.1) is 0 Å². The predicted molar refractivity (Wildman–Crippen MR) is 87.4 cm³/mol. The predicted octanol–water partition coefficient (Wildman–Crippen LogP) is 1.74. The molecule has 2 aliphatic heterocycles. The van der Waals surface area contributed by atoms with E-state index in [9.17, 15) is 24.8 Å². The van der Waals surface area contributed by atoms with E-state index in [1.54, 1.807) is 0 Å². The smallest absolute Gasteiger partial charge is 0.352 e. The molecule has 0 saturated carbocycles. The normalized spacial score (nSPS) is 19.8. The Hall–Kier alpha value is -2.97. The van der Waals surface area contributed by atoms with E-state index in [1.165, 1.54) is 12.1 Å². The van der Waals surface area contributed by atoms with Gasteiger partial charge in [-0.2, -0.15) is 0 Å². The largest absolute Gasteiger partial charge is 0.477 e. The maximum atomic E-state index is 11.4. The number of carbonyl (C=O) groups is 2. The van der Waals surface area contributed by atoms with Crippen LogP contribution in [0.15, 0.2) is 17.1 Å². The van der Waals surface area contributed by atoms with E-state index >= 15 is 0 Å². The minimum absolute atomic E-state index is 0.0817. The number of carbonyl (C=O) groups excluding carboxylic acids is 1. The first-order chi connectivity index (χ1) is 11.5. The maximum Gasteiger partial charge on any atom is 0.352 e. The topological polar surface area (TPSA) is 125 Å². The van der Waals surface area contributed by atoms with Gasteiger partial charge in [-0.1, -0.05) is 0 Å². The summed E-state index contributed by atoms with van der Waals surface area (Å²) >= 11 is 0. The van der Waals surface area contributed by atoms with Gasteiger partial charge >= 0.3 is 5.97 Å². The lowest BCUT2D eigenvalue weighted by Crippen LogP contribution is -2.38. The van der Waals surface area contributed by atoms with Gasteiger partial charge in [0.2, 0.25) is 0 Å². The fourth-order valence-electron chi connectivity index (χ4n) is 3.02. The Labute approximate surface area is 137 Å². The number of carboxylic acid groups (broad SMARTS) is 1. The summed E-state index contributed by atoms with van der Waals surface area (Å²) in [4.78, 5) is 39.2. The fraction of sp³-hybridized carbons (Fsp3) is 0.400. The van der Waals surface area contributed by atoms with Gasteiger partial charge in [-0.05, 0) is 25.3 Å². The molecule has 2 heterocycles. The molecule has 2 N–H and O–H groups in total. The van der Waals surface area contributed by atoms with Crippen molar-refractivity contribution < 1.29 is 19.6 Å². The molecule has 0 spiro atoms. The van der Waals surface area contributed by atoms with E-state index in [1.807, 2.05) is 4.90 Å². The van der Waals surface area contributed by atoms with Crippen LogP contribution in [0, 0.1) is 10.1 Å². The number of nitrogens with one attached hydrogen (secondary N) is 1. The van der Waals surface area contributed by atoms with Crippen molar-refractivity contribution in [3.63, 3.8) is 0 Å². The lowest BCUT2D eigenvalue weighted by Gasteiger charge is -2.29. The number of carboxylic acids is 1. The van der Waals surface area contributed by atoms with E-state index in [-0.39, 0.29) is 22.8 Å². The van der Waals surface area contributed by atoms with Crippen LogP contribution in [0.25, 0.3) is 0 Å². The SMILES string of the molecule is O=CC1Nc2cc([N+](=O)[O-])c(N3CCCCC3)cc2N=C1C(=O)O. The van der Waals surface area contributed by atoms with E-state index in [0.29, 0.717) is 25.1 Å². The number of aliphatic imine (C=N–C) groups is 1. The van der Waals surface area contributed by atoms with Crippen molar-refractivity contribution in [3.05, 3.63) is 22.2 Å². The van der Waals surface area contributed by atoms with Gasteiger partial charge in [0.25, 0.3) is 5.69 Å². The van der Waals surface area contributed by atoms with Crippen LogP contribution in [-0.4, -0.2) is 47.1 Å². The van der Waals surface area contributed by atoms with Gasteiger partial charge in [0.1, 0.15) is 18.0 Å². The average Bonchev–Trinajstić information content (AvgIpc) is 2.59. The second-order valence-corrected chi connectivity index (χ2v) is 5.72. The number of hydrogen-bond donors (Lipinski definition) is 2. The minimum atomic E-state index is -1.30. The molecule has 0 aromatic heterocycles. The van der Waals surface area contributed by atoms with Crippen LogP contribution in [0.5, 0.6) is 0 Å². The number of rotatable bonds is 4. The van der Waals surface area contributed by atoms with Gasteiger partial charge in [-0.3, -0.25) is 10.1 Å². The van der Waals surface area contributed by atoms with Crippen LogP contribution in [0.3, 0.4) is 0 Å². The monoisotopic (exact) mass is 332 g/mol. The van der Waals surface area contributed by atoms with E-state index < -0.39 is 16.9 Å². The van der Waals surface area contributed by atoms with Crippen molar-refractivity contribution >= 4 is 40.7 Å². The van der Waals surface area contributed by atoms with Gasteiger partial charge < -0.3 is 20.1 Å². The quantitative estimate of drug-likeness (QED) is 0.488. The number of aldehydes is 1. The summed E-state index contributed by atoms with van der Waals surface area (Å²) in [5, 5.41) is 23.3. The van der Waals surface area contributed by atoms with Crippen LogP contribution >= 0.6 is 0 Å². The number of nitro benzene ring substituents is 1. The second-order valence-electron chi connectivity index (χ2n) is 5.72. The molecule has 1 saturated heterocycles. The number of benzene rings is 1. The molecule has 9 heteroatoms. The number of anilines is 2. The molecule has 0 radical (unpaired) electrons. The molecule has 0 aliphatic carbocycles. The Morgan fingerprint density at radius 2 is 2.08 bits per heavy atom. The van der Waals surface area contributed by atoms with E-state index in [4.69, 9.17) is 0 Å². The third-order valence-electron chi connectivity index (χ3n) is 4.19. The van der Waals surface area contributed by atoms with Crippen molar-refractivity contribution in [3.8, 4) is 0 Å². The maximum absolute atomic E-state index is 11.4. The molecule has 1 fully saturated rings. The molecule has 0 bridgehead atoms. The highest BCUT2D eigenvalue weighted by molar-refractivity contribution is 6.42. The Balaban J connectivity index is 2.11. The highest BCUT2D eigenvalue weighted by Gasteiger charge is 2.31. The number of nitrogens with zero attached hydrogens (tertiary/aromatic N) is 3. The highest BCUT2D eigenvalue weighted by atomic mass is 16.6. The molecule has 3 rings (SSSR count). The van der Waals surface area contributed by atoms with Crippen LogP contribution < -0.4 is 10.2 Å². The molecule has 126 valence electrons. The first-order valence-corrected chi connectivity index (χ1v) is 7.62. The number of fused-ring (bicyclic) bond motifs is 1. The summed E-state index contributed by atoms with van der Waals surface area (Å²) in [6.07, 6.45) is 3.39. The zero-order valence-corrected chi connectivity index (χ0v) is 12.8. The van der Waals surface area contributed by atoms with E-state index in [0.717, 1.165) is 19.3 Å². The lowest BCUT2D eigenvalue weighted by molar-refractivity contribution is -0.384. The number of hydrogen-bond acceptors (Lipinski definition) is 7. The zero-order chi connectivity index (χ0) is 17.3. The van der Waals surface area contributed by atoms with Crippen molar-refractivity contribution in [1.82, 2.24) is 0 Å². The molecule has 2 aliphatic rings. The van der Waals surface area contributed by atoms with Crippen molar-refractivity contribution in [2.24, 2.45) is 4.99 Å². The molecule has 9 nitrogen and oxygen atoms in total. The summed E-state index contributed by atoms with van der Waals surface area (Å²) in [6.45, 7) is 1.42. The minimum Gasteiger partial charge on any atom is -0.477 e. The van der Waals surface area contributed by atoms with Crippen molar-refractivity contribution in [2.45, 2.75) is 25.3 Å². The average molecular weight is 332 g/mol. The first-order valence-electron chi connectivity index (χ1n) is 7.62. The van der Waals surface area contributed by atoms with Gasteiger partial charge in [0.05, 0.1) is 16.3 Å². The van der Waals surface area contributed by atoms with Gasteiger partial charge in [0, 0.05) is 19.2 Å². The zero-order valence-electron chi connectivity index (χ0n) is 12.8. The van der Waals surface area contributed by atoms with Crippen LogP contribution in [0.2, 0.25) is 0 Å². The summed E-state index contributed by atoms with van der Waals surface area (Å²) in [7, 11) is 0. The molecule has 1 atom stereocenters. The molecular weight excluding hydrogens is 316 g/mol. The van der Waals surface area contributed by atoms with Crippen LogP contribution in [0.1, 0.15) is 19.3 Å². The van der Waals surface area contributed by atoms with Gasteiger partial charge in [0.15, 0.2) is 5.71 Å². The third-order valence-corrected chi connectivity index (χ3v) is 4.19. The first kappa shape index (κ1) is 15.9. The van der Waals surface area contributed by atoms with Crippen LogP contribution in [-0.2, 0) is 9.59 Å². The Kier molecular flexibility index (Phi) is 4.15. The summed E-state index contributed by atoms with van der Waals surface area (Å²) < 4.78 is 0. The molecule has 1 aromatic rings. The van der Waals surface area contributed by atoms with Crippen molar-refractivity contribution in [2.75, 3.05) is 23.3 Å². The summed E-state index contributed by atoms with van der Waals surface area (Å²) in [5.74, 6) is -1.30. The Morgan fingerprint density at radius 1 is 1.38 bits per heavy atom. The fourth-order valence-corrected chi connectivity index (χ4v) is 3.02. The molecule has 1 unspecified atom stereocenters. The Morgan fingerprint density at radius 3 is 2.67 bits per heavy atom. The second kappa shape index (κ2) is 6.26. The number of piperidine rings is 1. The van der Waals surface area contributed by atoms with Gasteiger partial charge in [-0.25, -0.2) is 9.79 Å². The van der Waals surface area contributed by atoms with E-state index in [2.05, 4.69) is 10.3 Å². The number of aliphatic carboxylic acids is 1. The number of nitro groups is 1. The molecule has 1 aromatic carbocycles. The molecule has 0 amide bonds. The standard InChI is InChI=1S/C15H16N4O5/c20-8-11-14(15(21)22)17-10-6-12(18-4-2-1-3-5-18)13(19(23)24)7-9(10)16-11/h6-8,11,16H,1-5H2,(H,21,22). The Bertz CT molecular complexity index is 740. The third kappa shape index (κ3) is 2.80. The van der Waals surface area contributed by atoms with Crippen molar-refractivity contribution in [1.29, 1.82) is 0 Å². The lowest BCUT2D eigenvalue weighted by atomic mass is 10.1. The summed E-state index contributed by atoms with van der Waals surface area (Å²) in [6, 6.07) is 1.71. The summed E-state index contributed by atoms with van der Waals surface area (Å²) in [5.41, 5.74) is 0.595. The highest BCUT2D eigenvalue weighted by Crippen LogP contribution is 2.41. The molecular formula is C15H16N4O5.